The summed E-state index contributed by atoms with van der Waals surface area (Å²) in [6.45, 7) is 1.94. The van der Waals surface area contributed by atoms with Crippen LogP contribution in [0.1, 0.15) is 30.7 Å². The molecule has 1 N–H and O–H groups in total. The summed E-state index contributed by atoms with van der Waals surface area (Å²) in [4.78, 5) is 31.0. The standard InChI is InChI=1S/C16H16N2O4S2/c1-3-10-13(15(21)22-2)14(11-5-4-6-23-11)18-9(7-12(19)20)8-24-16(18)17-10/h4-6,8,14H,3,7H2,1-2H3,(H,19,20). The molecule has 24 heavy (non-hydrogen) atoms. The number of nitrogens with zero attached hydrogens (tertiary/aromatic N) is 2. The van der Waals surface area contributed by atoms with Gasteiger partial charge in [-0.2, -0.15) is 0 Å². The van der Waals surface area contributed by atoms with Gasteiger partial charge in [0.15, 0.2) is 5.17 Å². The highest BCUT2D eigenvalue weighted by Gasteiger charge is 2.41. The molecule has 0 saturated carbocycles. The van der Waals surface area contributed by atoms with Crippen molar-refractivity contribution in [3.8, 4) is 0 Å². The zero-order chi connectivity index (χ0) is 17.3. The van der Waals surface area contributed by atoms with Gasteiger partial charge in [-0.1, -0.05) is 24.8 Å². The monoisotopic (exact) mass is 364 g/mol. The second-order valence-electron chi connectivity index (χ2n) is 5.19. The highest BCUT2D eigenvalue weighted by Crippen LogP contribution is 2.46. The van der Waals surface area contributed by atoms with E-state index in [-0.39, 0.29) is 6.42 Å². The van der Waals surface area contributed by atoms with Crippen molar-refractivity contribution < 1.29 is 19.4 Å². The predicted molar refractivity (Wildman–Crippen MR) is 93.6 cm³/mol. The molecular formula is C16H16N2O4S2. The van der Waals surface area contributed by atoms with Crippen LogP contribution in [0, 0.1) is 0 Å². The van der Waals surface area contributed by atoms with E-state index in [9.17, 15) is 14.7 Å². The van der Waals surface area contributed by atoms with Crippen LogP contribution in [0.2, 0.25) is 0 Å². The Morgan fingerprint density at radius 3 is 2.83 bits per heavy atom. The summed E-state index contributed by atoms with van der Waals surface area (Å²) in [7, 11) is 1.35. The van der Waals surface area contributed by atoms with E-state index in [4.69, 9.17) is 4.74 Å². The maximum Gasteiger partial charge on any atom is 0.338 e. The number of aliphatic imine (C=N–C) groups is 1. The van der Waals surface area contributed by atoms with E-state index < -0.39 is 18.0 Å². The van der Waals surface area contributed by atoms with E-state index in [0.29, 0.717) is 28.6 Å². The normalized spacial score (nSPS) is 19.8. The van der Waals surface area contributed by atoms with Crippen molar-refractivity contribution in [2.75, 3.05) is 7.11 Å². The summed E-state index contributed by atoms with van der Waals surface area (Å²) in [5.41, 5.74) is 1.79. The van der Waals surface area contributed by atoms with Crippen LogP contribution in [0.5, 0.6) is 0 Å². The lowest BCUT2D eigenvalue weighted by molar-refractivity contribution is -0.137. The van der Waals surface area contributed by atoms with E-state index in [0.717, 1.165) is 4.88 Å². The molecule has 1 aromatic heterocycles. The van der Waals surface area contributed by atoms with Crippen LogP contribution in [0.25, 0.3) is 0 Å². The maximum absolute atomic E-state index is 12.4. The average molecular weight is 364 g/mol. The van der Waals surface area contributed by atoms with Crippen LogP contribution in [0.4, 0.5) is 0 Å². The Morgan fingerprint density at radius 2 is 2.25 bits per heavy atom. The number of aliphatic carboxylic acids is 1. The van der Waals surface area contributed by atoms with Crippen molar-refractivity contribution in [2.45, 2.75) is 25.8 Å². The summed E-state index contributed by atoms with van der Waals surface area (Å²) in [6.07, 6.45) is 0.474. The van der Waals surface area contributed by atoms with Gasteiger partial charge in [-0.15, -0.1) is 11.3 Å². The highest BCUT2D eigenvalue weighted by atomic mass is 32.2. The van der Waals surface area contributed by atoms with Gasteiger partial charge in [-0.3, -0.25) is 4.79 Å². The van der Waals surface area contributed by atoms with Crippen molar-refractivity contribution in [1.29, 1.82) is 0 Å². The number of carboxylic acids is 1. The first kappa shape index (κ1) is 16.8. The number of methoxy groups -OCH3 is 1. The number of carboxylic acid groups (broad SMARTS) is 1. The first-order valence-corrected chi connectivity index (χ1v) is 9.12. The summed E-state index contributed by atoms with van der Waals surface area (Å²) in [5.74, 6) is -1.35. The Bertz CT molecular complexity index is 765. The molecule has 3 heterocycles. The molecule has 0 radical (unpaired) electrons. The minimum Gasteiger partial charge on any atom is -0.481 e. The summed E-state index contributed by atoms with van der Waals surface area (Å²) < 4.78 is 4.98. The molecule has 2 aliphatic heterocycles. The summed E-state index contributed by atoms with van der Waals surface area (Å²) in [6, 6.07) is 3.45. The molecule has 1 atom stereocenters. The van der Waals surface area contributed by atoms with Crippen molar-refractivity contribution >= 4 is 40.2 Å². The van der Waals surface area contributed by atoms with Crippen molar-refractivity contribution in [3.63, 3.8) is 0 Å². The van der Waals surface area contributed by atoms with E-state index in [1.807, 2.05) is 29.3 Å². The quantitative estimate of drug-likeness (QED) is 0.807. The fourth-order valence-electron chi connectivity index (χ4n) is 2.78. The number of carbonyl (C=O) groups excluding carboxylic acids is 1. The van der Waals surface area contributed by atoms with Crippen LogP contribution in [-0.2, 0) is 14.3 Å². The highest BCUT2D eigenvalue weighted by molar-refractivity contribution is 8.16. The largest absolute Gasteiger partial charge is 0.481 e. The number of allylic oxidation sites excluding steroid dienone is 1. The fourth-order valence-corrected chi connectivity index (χ4v) is 4.54. The lowest BCUT2D eigenvalue weighted by atomic mass is 9.98. The van der Waals surface area contributed by atoms with E-state index in [1.54, 1.807) is 5.41 Å². The third-order valence-electron chi connectivity index (χ3n) is 3.77. The molecule has 0 amide bonds. The van der Waals surface area contributed by atoms with Gasteiger partial charge >= 0.3 is 11.9 Å². The second-order valence-corrected chi connectivity index (χ2v) is 7.00. The molecule has 6 nitrogen and oxygen atoms in total. The molecule has 1 unspecified atom stereocenters. The lowest BCUT2D eigenvalue weighted by Gasteiger charge is -2.35. The molecule has 3 rings (SSSR count). The maximum atomic E-state index is 12.4. The average Bonchev–Trinajstić information content (AvgIpc) is 3.22. The topological polar surface area (TPSA) is 79.2 Å². The molecule has 1 aromatic rings. The minimum absolute atomic E-state index is 0.121. The van der Waals surface area contributed by atoms with Gasteiger partial charge in [-0.05, 0) is 23.3 Å². The Hall–Kier alpha value is -2.06. The summed E-state index contributed by atoms with van der Waals surface area (Å²) >= 11 is 2.91. The zero-order valence-corrected chi connectivity index (χ0v) is 14.8. The number of carbonyl (C=O) groups is 2. The minimum atomic E-state index is -0.919. The van der Waals surface area contributed by atoms with E-state index in [2.05, 4.69) is 4.99 Å². The summed E-state index contributed by atoms with van der Waals surface area (Å²) in [5, 5.41) is 13.6. The Balaban J connectivity index is 2.14. The molecule has 126 valence electrons. The zero-order valence-electron chi connectivity index (χ0n) is 13.2. The van der Waals surface area contributed by atoms with Gasteiger partial charge in [0.2, 0.25) is 0 Å². The third-order valence-corrected chi connectivity index (χ3v) is 5.59. The van der Waals surface area contributed by atoms with Crippen LogP contribution in [0.15, 0.2) is 44.9 Å². The number of fused-ring (bicyclic) bond motifs is 1. The number of thioether (sulfide) groups is 1. The molecule has 8 heteroatoms. The number of amidine groups is 1. The first-order chi connectivity index (χ1) is 11.6. The van der Waals surface area contributed by atoms with Gasteiger partial charge in [0, 0.05) is 10.6 Å². The molecule has 0 saturated heterocycles. The van der Waals surface area contributed by atoms with Crippen LogP contribution in [0.3, 0.4) is 0 Å². The number of hydrogen-bond donors (Lipinski definition) is 1. The van der Waals surface area contributed by atoms with Crippen molar-refractivity contribution in [2.24, 2.45) is 4.99 Å². The Morgan fingerprint density at radius 1 is 1.46 bits per heavy atom. The van der Waals surface area contributed by atoms with Gasteiger partial charge in [0.05, 0.1) is 24.8 Å². The number of ether oxygens (including phenoxy) is 1. The van der Waals surface area contributed by atoms with Gasteiger partial charge in [0.25, 0.3) is 0 Å². The second kappa shape index (κ2) is 6.82. The predicted octanol–water partition coefficient (Wildman–Crippen LogP) is 3.36. The van der Waals surface area contributed by atoms with Gasteiger partial charge in [0.1, 0.15) is 6.04 Å². The first-order valence-electron chi connectivity index (χ1n) is 7.37. The molecular weight excluding hydrogens is 348 g/mol. The number of hydrogen-bond acceptors (Lipinski definition) is 7. The Labute approximate surface area is 147 Å². The molecule has 0 aromatic carbocycles. The van der Waals surface area contributed by atoms with E-state index in [1.165, 1.54) is 30.2 Å². The SMILES string of the molecule is CCC1=C(C(=O)OC)C(c2cccs2)N2C(CC(=O)O)=CSC2=N1. The smallest absolute Gasteiger partial charge is 0.338 e. The molecule has 0 spiro atoms. The third kappa shape index (κ3) is 2.87. The number of esters is 1. The van der Waals surface area contributed by atoms with Crippen LogP contribution < -0.4 is 0 Å². The van der Waals surface area contributed by atoms with Crippen molar-refractivity contribution in [3.05, 3.63) is 44.8 Å². The van der Waals surface area contributed by atoms with Gasteiger partial charge in [-0.25, -0.2) is 9.79 Å². The molecule has 0 aliphatic carbocycles. The van der Waals surface area contributed by atoms with Gasteiger partial charge < -0.3 is 14.7 Å². The molecule has 2 aliphatic rings. The molecule has 0 fully saturated rings. The van der Waals surface area contributed by atoms with Crippen molar-refractivity contribution in [1.82, 2.24) is 4.90 Å². The number of thiophene rings is 1. The number of rotatable bonds is 5. The van der Waals surface area contributed by atoms with E-state index >= 15 is 0 Å². The lowest BCUT2D eigenvalue weighted by Crippen LogP contribution is -2.36. The molecule has 0 bridgehead atoms. The van der Waals surface area contributed by atoms with Crippen LogP contribution >= 0.6 is 23.1 Å². The van der Waals surface area contributed by atoms with Crippen LogP contribution in [-0.4, -0.2) is 34.2 Å². The fraction of sp³-hybridized carbons (Fsp3) is 0.312. The Kier molecular flexibility index (Phi) is 4.77.